The molecule has 5 rings (SSSR count). The molecule has 3 aromatic rings. The van der Waals surface area contributed by atoms with Gasteiger partial charge in [-0.3, -0.25) is 9.59 Å². The molecule has 0 unspecified atom stereocenters. The van der Waals surface area contributed by atoms with Crippen molar-refractivity contribution in [1.82, 2.24) is 0 Å². The van der Waals surface area contributed by atoms with Crippen LogP contribution in [0.15, 0.2) is 88.7 Å². The lowest BCUT2D eigenvalue weighted by Gasteiger charge is -2.20. The number of rotatable bonds is 6. The molecule has 0 radical (unpaired) electrons. The van der Waals surface area contributed by atoms with E-state index in [2.05, 4.69) is 4.90 Å². The molecule has 2 aliphatic rings. The second-order valence-electron chi connectivity index (χ2n) is 8.00. The van der Waals surface area contributed by atoms with Crippen LogP contribution in [0, 0.1) is 0 Å². The molecule has 2 amide bonds. The van der Waals surface area contributed by atoms with E-state index in [0.717, 1.165) is 23.7 Å². The maximum absolute atomic E-state index is 13.6. The van der Waals surface area contributed by atoms with Crippen molar-refractivity contribution in [1.29, 1.82) is 0 Å². The Morgan fingerprint density at radius 3 is 2.03 bits per heavy atom. The Labute approximate surface area is 197 Å². The van der Waals surface area contributed by atoms with Gasteiger partial charge in [0, 0.05) is 23.7 Å². The van der Waals surface area contributed by atoms with E-state index in [9.17, 15) is 9.59 Å². The molecule has 3 aromatic carbocycles. The fraction of sp³-hybridized carbons (Fsp3) is 0.185. The Kier molecular flexibility index (Phi) is 5.92. The van der Waals surface area contributed by atoms with Gasteiger partial charge in [-0.15, -0.1) is 0 Å². The van der Waals surface area contributed by atoms with E-state index >= 15 is 0 Å². The van der Waals surface area contributed by atoms with Crippen molar-refractivity contribution in [2.75, 3.05) is 30.0 Å². The largest absolute Gasteiger partial charge is 0.497 e. The Morgan fingerprint density at radius 1 is 0.758 bits per heavy atom. The number of benzene rings is 3. The van der Waals surface area contributed by atoms with Crippen molar-refractivity contribution in [3.8, 4) is 5.75 Å². The summed E-state index contributed by atoms with van der Waals surface area (Å²) in [6.45, 7) is 2.09. The van der Waals surface area contributed by atoms with E-state index in [1.807, 2.05) is 66.7 Å². The molecular formula is C27H24N2O3S. The smallest absolute Gasteiger partial charge is 0.272 e. The molecule has 1 saturated heterocycles. The molecule has 0 aromatic heterocycles. The summed E-state index contributed by atoms with van der Waals surface area (Å²) >= 11 is 1.33. The first-order valence-corrected chi connectivity index (χ1v) is 11.8. The normalized spacial score (nSPS) is 16.2. The lowest BCUT2D eigenvalue weighted by Crippen LogP contribution is -2.31. The van der Waals surface area contributed by atoms with Crippen LogP contribution in [0.3, 0.4) is 0 Å². The quantitative estimate of drug-likeness (QED) is 0.467. The van der Waals surface area contributed by atoms with Crippen LogP contribution in [0.2, 0.25) is 0 Å². The molecule has 0 aliphatic carbocycles. The van der Waals surface area contributed by atoms with Crippen LogP contribution in [0.1, 0.15) is 18.4 Å². The highest BCUT2D eigenvalue weighted by Crippen LogP contribution is 2.42. The van der Waals surface area contributed by atoms with Gasteiger partial charge in [0.25, 0.3) is 11.8 Å². The van der Waals surface area contributed by atoms with E-state index in [0.29, 0.717) is 27.5 Å². The minimum atomic E-state index is -0.308. The lowest BCUT2D eigenvalue weighted by molar-refractivity contribution is -0.119. The van der Waals surface area contributed by atoms with Gasteiger partial charge in [0.1, 0.15) is 5.75 Å². The molecule has 0 bridgehead atoms. The summed E-state index contributed by atoms with van der Waals surface area (Å²) in [6, 6.07) is 24.6. The molecule has 2 heterocycles. The molecular weight excluding hydrogens is 432 g/mol. The topological polar surface area (TPSA) is 49.9 Å². The lowest BCUT2D eigenvalue weighted by atomic mass is 10.1. The minimum Gasteiger partial charge on any atom is -0.497 e. The number of hydrogen-bond donors (Lipinski definition) is 0. The number of methoxy groups -OCH3 is 1. The summed E-state index contributed by atoms with van der Waals surface area (Å²) in [6.07, 6.45) is 2.39. The molecule has 2 aliphatic heterocycles. The first-order chi connectivity index (χ1) is 16.2. The molecule has 0 N–H and O–H groups in total. The van der Waals surface area contributed by atoms with Crippen molar-refractivity contribution < 1.29 is 14.3 Å². The standard InChI is InChI=1S/C27H24N2O3S/c1-32-22-15-9-19(10-16-22)24-25(33-23-7-3-2-4-8-23)27(31)29(26(24)30)21-13-11-20(12-14-21)28-17-5-6-18-28/h2-4,7-16H,5-6,17-18H2,1H3. The highest BCUT2D eigenvalue weighted by atomic mass is 32.2. The van der Waals surface area contributed by atoms with Crippen molar-refractivity contribution in [3.63, 3.8) is 0 Å². The zero-order valence-corrected chi connectivity index (χ0v) is 19.2. The Balaban J connectivity index is 1.51. The average molecular weight is 457 g/mol. The van der Waals surface area contributed by atoms with E-state index in [-0.39, 0.29) is 11.8 Å². The molecule has 33 heavy (non-hydrogen) atoms. The van der Waals surface area contributed by atoms with Crippen molar-refractivity contribution in [2.24, 2.45) is 0 Å². The maximum atomic E-state index is 13.6. The number of imide groups is 1. The van der Waals surface area contributed by atoms with Gasteiger partial charge in [0.15, 0.2) is 0 Å². The summed E-state index contributed by atoms with van der Waals surface area (Å²) in [5.74, 6) is 0.0915. The molecule has 0 spiro atoms. The predicted molar refractivity (Wildman–Crippen MR) is 133 cm³/mol. The van der Waals surface area contributed by atoms with Gasteiger partial charge in [0.2, 0.25) is 0 Å². The Morgan fingerprint density at radius 2 is 1.39 bits per heavy atom. The van der Waals surface area contributed by atoms with Gasteiger partial charge in [-0.25, -0.2) is 4.90 Å². The highest BCUT2D eigenvalue weighted by Gasteiger charge is 2.40. The second-order valence-corrected chi connectivity index (χ2v) is 9.09. The molecule has 5 nitrogen and oxygen atoms in total. The number of hydrogen-bond acceptors (Lipinski definition) is 5. The summed E-state index contributed by atoms with van der Waals surface area (Å²) in [4.78, 5) is 32.1. The van der Waals surface area contributed by atoms with E-state index in [4.69, 9.17) is 4.74 Å². The maximum Gasteiger partial charge on any atom is 0.272 e. The minimum absolute atomic E-state index is 0.298. The number of carbonyl (C=O) groups is 2. The molecule has 0 atom stereocenters. The molecule has 6 heteroatoms. The Hall–Kier alpha value is -3.51. The fourth-order valence-electron chi connectivity index (χ4n) is 4.25. The number of amides is 2. The van der Waals surface area contributed by atoms with Gasteiger partial charge in [0.05, 0.1) is 23.3 Å². The van der Waals surface area contributed by atoms with Crippen LogP contribution >= 0.6 is 11.8 Å². The zero-order chi connectivity index (χ0) is 22.8. The van der Waals surface area contributed by atoms with Crippen LogP contribution in [-0.2, 0) is 9.59 Å². The third-order valence-corrected chi connectivity index (χ3v) is 7.05. The number of nitrogens with zero attached hydrogens (tertiary/aromatic N) is 2. The van der Waals surface area contributed by atoms with Gasteiger partial charge in [-0.1, -0.05) is 42.1 Å². The zero-order valence-electron chi connectivity index (χ0n) is 18.4. The van der Waals surface area contributed by atoms with E-state index in [1.54, 1.807) is 19.2 Å². The number of carbonyl (C=O) groups excluding carboxylic acids is 2. The fourth-order valence-corrected chi connectivity index (χ4v) is 5.26. The predicted octanol–water partition coefficient (Wildman–Crippen LogP) is 5.37. The van der Waals surface area contributed by atoms with Gasteiger partial charge in [-0.2, -0.15) is 0 Å². The number of thioether (sulfide) groups is 1. The Bertz CT molecular complexity index is 1200. The van der Waals surface area contributed by atoms with Crippen molar-refractivity contribution in [2.45, 2.75) is 17.7 Å². The van der Waals surface area contributed by atoms with E-state index in [1.165, 1.54) is 29.5 Å². The summed E-state index contributed by atoms with van der Waals surface area (Å²) in [5, 5.41) is 0. The SMILES string of the molecule is COc1ccc(C2=C(Sc3ccccc3)C(=O)N(c3ccc(N4CCCC4)cc3)C2=O)cc1. The first-order valence-electron chi connectivity index (χ1n) is 11.0. The van der Waals surface area contributed by atoms with Gasteiger partial charge >= 0.3 is 0 Å². The second kappa shape index (κ2) is 9.16. The van der Waals surface area contributed by atoms with Crippen LogP contribution in [0.5, 0.6) is 5.75 Å². The molecule has 166 valence electrons. The number of ether oxygens (including phenoxy) is 1. The van der Waals surface area contributed by atoms with Crippen LogP contribution < -0.4 is 14.5 Å². The summed E-state index contributed by atoms with van der Waals surface area (Å²) in [5.41, 5.74) is 2.82. The van der Waals surface area contributed by atoms with Crippen LogP contribution in [0.4, 0.5) is 11.4 Å². The third-order valence-electron chi connectivity index (χ3n) is 5.96. The average Bonchev–Trinajstić information content (AvgIpc) is 3.47. The monoisotopic (exact) mass is 456 g/mol. The van der Waals surface area contributed by atoms with Crippen LogP contribution in [0.25, 0.3) is 5.57 Å². The van der Waals surface area contributed by atoms with Crippen molar-refractivity contribution >= 4 is 40.5 Å². The number of anilines is 2. The first kappa shape index (κ1) is 21.3. The summed E-state index contributed by atoms with van der Waals surface area (Å²) < 4.78 is 5.26. The van der Waals surface area contributed by atoms with E-state index < -0.39 is 0 Å². The molecule has 1 fully saturated rings. The third kappa shape index (κ3) is 4.14. The van der Waals surface area contributed by atoms with Gasteiger partial charge < -0.3 is 9.64 Å². The van der Waals surface area contributed by atoms with Crippen molar-refractivity contribution in [3.05, 3.63) is 89.3 Å². The van der Waals surface area contributed by atoms with Gasteiger partial charge in [-0.05, 0) is 66.9 Å². The highest BCUT2D eigenvalue weighted by molar-refractivity contribution is 8.04. The molecule has 0 saturated carbocycles. The van der Waals surface area contributed by atoms with Crippen LogP contribution in [-0.4, -0.2) is 32.0 Å². The summed E-state index contributed by atoms with van der Waals surface area (Å²) in [7, 11) is 1.60.